The quantitative estimate of drug-likeness (QED) is 0.522. The number of primary sulfonamides is 1. The van der Waals surface area contributed by atoms with Crippen LogP contribution in [0.15, 0.2) is 57.0 Å². The van der Waals surface area contributed by atoms with Crippen molar-refractivity contribution in [2.75, 3.05) is 5.32 Å². The van der Waals surface area contributed by atoms with E-state index in [4.69, 9.17) is 5.14 Å². The Labute approximate surface area is 175 Å². The number of benzene rings is 2. The van der Waals surface area contributed by atoms with Gasteiger partial charge >= 0.3 is 0 Å². The lowest BCUT2D eigenvalue weighted by molar-refractivity contribution is -0.115. The maximum absolute atomic E-state index is 12.5. The van der Waals surface area contributed by atoms with Gasteiger partial charge in [0.2, 0.25) is 15.9 Å². The Morgan fingerprint density at radius 1 is 1.32 bits per heavy atom. The minimum Gasteiger partial charge on any atom is -0.325 e. The maximum Gasteiger partial charge on any atom is 0.238 e. The second-order valence-electron chi connectivity index (χ2n) is 6.09. The zero-order chi connectivity index (χ0) is 20.5. The van der Waals surface area contributed by atoms with Crippen molar-refractivity contribution in [2.45, 2.75) is 35.7 Å². The number of fused-ring (bicyclic) bond motifs is 1. The number of nitrogens with zero attached hydrogens (tertiary/aromatic N) is 2. The van der Waals surface area contributed by atoms with Crippen molar-refractivity contribution in [3.8, 4) is 0 Å². The Kier molecular flexibility index (Phi) is 6.13. The van der Waals surface area contributed by atoms with Gasteiger partial charge in [0.15, 0.2) is 5.16 Å². The molecule has 1 amide bonds. The van der Waals surface area contributed by atoms with E-state index in [0.29, 0.717) is 22.9 Å². The first-order chi connectivity index (χ1) is 13.2. The van der Waals surface area contributed by atoms with Gasteiger partial charge < -0.3 is 9.88 Å². The number of thioether (sulfide) groups is 1. The number of sulfonamides is 1. The lowest BCUT2D eigenvalue weighted by atomic mass is 10.3. The Hall–Kier alpha value is -1.88. The number of carbonyl (C=O) groups excluding carboxylic acids is 1. The highest BCUT2D eigenvalue weighted by Crippen LogP contribution is 2.29. The van der Waals surface area contributed by atoms with Crippen LogP contribution in [-0.4, -0.2) is 29.1 Å². The van der Waals surface area contributed by atoms with Gasteiger partial charge in [0, 0.05) is 16.7 Å². The van der Waals surface area contributed by atoms with Crippen molar-refractivity contribution < 1.29 is 13.2 Å². The first-order valence-corrected chi connectivity index (χ1v) is 11.7. The largest absolute Gasteiger partial charge is 0.325 e. The lowest BCUT2D eigenvalue weighted by Crippen LogP contribution is -2.22. The molecule has 3 aromatic rings. The van der Waals surface area contributed by atoms with Crippen molar-refractivity contribution in [1.29, 1.82) is 0 Å². The van der Waals surface area contributed by atoms with Crippen LogP contribution in [0.2, 0.25) is 0 Å². The molecule has 0 aliphatic heterocycles. The predicted molar refractivity (Wildman–Crippen MR) is 115 cm³/mol. The molecule has 10 heteroatoms. The van der Waals surface area contributed by atoms with Crippen LogP contribution in [0, 0.1) is 0 Å². The number of amides is 1. The smallest absolute Gasteiger partial charge is 0.238 e. The highest BCUT2D eigenvalue weighted by molar-refractivity contribution is 9.10. The molecule has 0 radical (unpaired) electrons. The lowest BCUT2D eigenvalue weighted by Gasteiger charge is -2.13. The number of aryl methyl sites for hydroxylation is 1. The predicted octanol–water partition coefficient (Wildman–Crippen LogP) is 3.59. The summed E-state index contributed by atoms with van der Waals surface area (Å²) in [5.74, 6) is -0.150. The van der Waals surface area contributed by atoms with E-state index in [9.17, 15) is 13.2 Å². The van der Waals surface area contributed by atoms with E-state index >= 15 is 0 Å². The molecule has 1 heterocycles. The Bertz CT molecular complexity index is 1140. The number of hydrogen-bond donors (Lipinski definition) is 2. The number of rotatable bonds is 6. The SMILES string of the molecule is CCn1c(S[C@@H](C)C(=O)Nc2cccc(Br)c2)nc2cc(S(N)(=O)=O)ccc21. The Balaban J connectivity index is 1.85. The molecule has 28 heavy (non-hydrogen) atoms. The third-order valence-electron chi connectivity index (χ3n) is 4.07. The van der Waals surface area contributed by atoms with Crippen LogP contribution < -0.4 is 10.5 Å². The van der Waals surface area contributed by atoms with E-state index < -0.39 is 15.3 Å². The molecule has 0 aliphatic carbocycles. The van der Waals surface area contributed by atoms with Crippen LogP contribution in [0.3, 0.4) is 0 Å². The first-order valence-electron chi connectivity index (χ1n) is 8.45. The number of anilines is 1. The standard InChI is InChI=1S/C18H19BrN4O3S2/c1-3-23-16-8-7-14(28(20,25)26)10-15(16)22-18(23)27-11(2)17(24)21-13-6-4-5-12(19)9-13/h4-11H,3H2,1-2H3,(H,21,24)(H2,20,25,26)/t11-/m0/s1. The summed E-state index contributed by atoms with van der Waals surface area (Å²) in [5, 5.41) is 8.32. The van der Waals surface area contributed by atoms with E-state index in [1.807, 2.05) is 35.8 Å². The monoisotopic (exact) mass is 482 g/mol. The molecule has 0 bridgehead atoms. The van der Waals surface area contributed by atoms with Gasteiger partial charge in [0.25, 0.3) is 0 Å². The number of nitrogens with two attached hydrogens (primary N) is 1. The van der Waals surface area contributed by atoms with Crippen LogP contribution in [-0.2, 0) is 21.4 Å². The van der Waals surface area contributed by atoms with Gasteiger partial charge in [-0.25, -0.2) is 18.5 Å². The molecule has 0 aliphatic rings. The Morgan fingerprint density at radius 3 is 2.71 bits per heavy atom. The summed E-state index contributed by atoms with van der Waals surface area (Å²) in [6.45, 7) is 4.39. The molecule has 7 nitrogen and oxygen atoms in total. The molecular formula is C18H19BrN4O3S2. The normalized spacial score (nSPS) is 12.9. The summed E-state index contributed by atoms with van der Waals surface area (Å²) in [4.78, 5) is 17.1. The van der Waals surface area contributed by atoms with Gasteiger partial charge in [-0.1, -0.05) is 33.8 Å². The van der Waals surface area contributed by atoms with Gasteiger partial charge in [-0.15, -0.1) is 0 Å². The summed E-state index contributed by atoms with van der Waals surface area (Å²) in [5.41, 5.74) is 2.01. The van der Waals surface area contributed by atoms with Crippen LogP contribution in [0.1, 0.15) is 13.8 Å². The summed E-state index contributed by atoms with van der Waals surface area (Å²) in [6.07, 6.45) is 0. The number of halogens is 1. The molecule has 2 aromatic carbocycles. The molecule has 1 aromatic heterocycles. The van der Waals surface area contributed by atoms with Crippen molar-refractivity contribution in [1.82, 2.24) is 9.55 Å². The molecule has 148 valence electrons. The number of carbonyl (C=O) groups is 1. The van der Waals surface area contributed by atoms with Gasteiger partial charge in [0.1, 0.15) is 0 Å². The number of nitrogens with one attached hydrogen (secondary N) is 1. The second kappa shape index (κ2) is 8.24. The average molecular weight is 483 g/mol. The van der Waals surface area contributed by atoms with E-state index in [0.717, 1.165) is 9.99 Å². The summed E-state index contributed by atoms with van der Waals surface area (Å²) >= 11 is 4.69. The topological polar surface area (TPSA) is 107 Å². The third kappa shape index (κ3) is 4.57. The van der Waals surface area contributed by atoms with Crippen LogP contribution in [0.5, 0.6) is 0 Å². The molecular weight excluding hydrogens is 464 g/mol. The molecule has 0 fully saturated rings. The zero-order valence-electron chi connectivity index (χ0n) is 15.2. The summed E-state index contributed by atoms with van der Waals surface area (Å²) < 4.78 is 26.0. The van der Waals surface area contributed by atoms with Crippen LogP contribution >= 0.6 is 27.7 Å². The van der Waals surface area contributed by atoms with Gasteiger partial charge in [-0.05, 0) is 50.2 Å². The van der Waals surface area contributed by atoms with E-state index in [1.54, 1.807) is 13.0 Å². The molecule has 3 N–H and O–H groups in total. The fourth-order valence-electron chi connectivity index (χ4n) is 2.68. The molecule has 0 unspecified atom stereocenters. The third-order valence-corrected chi connectivity index (χ3v) is 6.57. The van der Waals surface area contributed by atoms with Gasteiger partial charge in [0.05, 0.1) is 21.2 Å². The molecule has 0 saturated heterocycles. The van der Waals surface area contributed by atoms with Crippen molar-refractivity contribution >= 4 is 60.3 Å². The zero-order valence-corrected chi connectivity index (χ0v) is 18.4. The van der Waals surface area contributed by atoms with Crippen LogP contribution in [0.25, 0.3) is 11.0 Å². The van der Waals surface area contributed by atoms with E-state index in [-0.39, 0.29) is 10.8 Å². The fourth-order valence-corrected chi connectivity index (χ4v) is 4.60. The summed E-state index contributed by atoms with van der Waals surface area (Å²) in [7, 11) is -3.80. The fraction of sp³-hybridized carbons (Fsp3) is 0.222. The highest BCUT2D eigenvalue weighted by Gasteiger charge is 2.20. The van der Waals surface area contributed by atoms with Crippen molar-refractivity contribution in [3.05, 3.63) is 46.9 Å². The molecule has 0 saturated carbocycles. The molecule has 3 rings (SSSR count). The number of hydrogen-bond acceptors (Lipinski definition) is 5. The van der Waals surface area contributed by atoms with Crippen molar-refractivity contribution in [2.24, 2.45) is 5.14 Å². The minimum absolute atomic E-state index is 0.0118. The molecule has 0 spiro atoms. The highest BCUT2D eigenvalue weighted by atomic mass is 79.9. The average Bonchev–Trinajstić information content (AvgIpc) is 2.97. The van der Waals surface area contributed by atoms with Gasteiger partial charge in [-0.3, -0.25) is 4.79 Å². The Morgan fingerprint density at radius 2 is 2.07 bits per heavy atom. The second-order valence-corrected chi connectivity index (χ2v) is 9.88. The first kappa shape index (κ1) is 20.8. The minimum atomic E-state index is -3.80. The summed E-state index contributed by atoms with van der Waals surface area (Å²) in [6, 6.07) is 12.0. The van der Waals surface area contributed by atoms with Crippen LogP contribution in [0.4, 0.5) is 5.69 Å². The maximum atomic E-state index is 12.5. The number of aromatic nitrogens is 2. The van der Waals surface area contributed by atoms with E-state index in [2.05, 4.69) is 26.2 Å². The van der Waals surface area contributed by atoms with E-state index in [1.165, 1.54) is 23.9 Å². The van der Waals surface area contributed by atoms with Crippen molar-refractivity contribution in [3.63, 3.8) is 0 Å². The van der Waals surface area contributed by atoms with Gasteiger partial charge in [-0.2, -0.15) is 0 Å². The number of imidazole rings is 1. The molecule has 1 atom stereocenters.